The molecule has 19 heavy (non-hydrogen) atoms. The molecule has 2 aromatic rings. The van der Waals surface area contributed by atoms with Crippen LogP contribution in [0.25, 0.3) is 10.9 Å². The number of ether oxygens (including phenoxy) is 1. The summed E-state index contributed by atoms with van der Waals surface area (Å²) >= 11 is 0. The first kappa shape index (κ1) is 12.5. The number of benzene rings is 1. The van der Waals surface area contributed by atoms with Gasteiger partial charge < -0.3 is 15.0 Å². The van der Waals surface area contributed by atoms with Crippen molar-refractivity contribution in [3.8, 4) is 5.75 Å². The fourth-order valence-electron chi connectivity index (χ4n) is 3.20. The number of fused-ring (bicyclic) bond motifs is 3. The summed E-state index contributed by atoms with van der Waals surface area (Å²) in [6.45, 7) is 2.76. The molecule has 0 aliphatic heterocycles. The number of methoxy groups -OCH3 is 1. The lowest BCUT2D eigenvalue weighted by molar-refractivity contribution is 0.391. The molecule has 0 fully saturated rings. The van der Waals surface area contributed by atoms with Crippen LogP contribution in [0.3, 0.4) is 0 Å². The van der Waals surface area contributed by atoms with Crippen molar-refractivity contribution in [3.63, 3.8) is 0 Å². The van der Waals surface area contributed by atoms with Crippen molar-refractivity contribution in [1.82, 2.24) is 4.57 Å². The maximum absolute atomic E-state index is 13.9. The minimum atomic E-state index is -0.289. The smallest absolute Gasteiger partial charge is 0.165 e. The maximum atomic E-state index is 13.9. The summed E-state index contributed by atoms with van der Waals surface area (Å²) in [6.07, 6.45) is 3.17. The standard InChI is InChI=1S/C15H19FN2O/c1-9(17)8-18-12-5-3-4-10(12)14-13(18)7-6-11(16)15(14)19-2/h6-7,9H,3-5,8,17H2,1-2H3/t9-/m0/s1. The van der Waals surface area contributed by atoms with Gasteiger partial charge in [-0.15, -0.1) is 0 Å². The normalized spacial score (nSPS) is 15.8. The van der Waals surface area contributed by atoms with Gasteiger partial charge in [0.05, 0.1) is 12.6 Å². The number of nitrogens with two attached hydrogens (primary N) is 1. The number of halogens is 1. The van der Waals surface area contributed by atoms with Gasteiger partial charge in [-0.05, 0) is 43.9 Å². The number of nitrogens with zero attached hydrogens (tertiary/aromatic N) is 1. The summed E-state index contributed by atoms with van der Waals surface area (Å²) in [4.78, 5) is 0. The maximum Gasteiger partial charge on any atom is 0.165 e. The van der Waals surface area contributed by atoms with E-state index < -0.39 is 0 Å². The zero-order chi connectivity index (χ0) is 13.6. The van der Waals surface area contributed by atoms with Gasteiger partial charge in [-0.3, -0.25) is 0 Å². The Kier molecular flexibility index (Phi) is 2.97. The molecule has 102 valence electrons. The zero-order valence-electron chi connectivity index (χ0n) is 11.4. The molecule has 1 aliphatic rings. The second kappa shape index (κ2) is 4.53. The molecule has 1 aliphatic carbocycles. The Morgan fingerprint density at radius 3 is 2.89 bits per heavy atom. The molecule has 2 N–H and O–H groups in total. The van der Waals surface area contributed by atoms with Crippen LogP contribution in [-0.2, 0) is 19.4 Å². The van der Waals surface area contributed by atoms with Gasteiger partial charge in [0.2, 0.25) is 0 Å². The van der Waals surface area contributed by atoms with E-state index in [2.05, 4.69) is 4.57 Å². The summed E-state index contributed by atoms with van der Waals surface area (Å²) < 4.78 is 21.4. The average molecular weight is 262 g/mol. The molecular weight excluding hydrogens is 243 g/mol. The van der Waals surface area contributed by atoms with Crippen molar-refractivity contribution in [2.45, 2.75) is 38.8 Å². The Bertz CT molecular complexity index is 631. The third kappa shape index (κ3) is 1.82. The number of aromatic nitrogens is 1. The molecule has 1 heterocycles. The summed E-state index contributed by atoms with van der Waals surface area (Å²) in [5.41, 5.74) is 9.53. The highest BCUT2D eigenvalue weighted by Crippen LogP contribution is 2.39. The highest BCUT2D eigenvalue weighted by Gasteiger charge is 2.25. The van der Waals surface area contributed by atoms with Crippen LogP contribution in [0.15, 0.2) is 12.1 Å². The van der Waals surface area contributed by atoms with Crippen LogP contribution in [0.1, 0.15) is 24.6 Å². The van der Waals surface area contributed by atoms with Crippen molar-refractivity contribution in [1.29, 1.82) is 0 Å². The SMILES string of the molecule is COc1c(F)ccc2c1c1c(n2C[C@H](C)N)CCC1. The summed E-state index contributed by atoms with van der Waals surface area (Å²) in [7, 11) is 1.53. The number of aryl methyl sites for hydroxylation is 1. The van der Waals surface area contributed by atoms with Crippen molar-refractivity contribution in [3.05, 3.63) is 29.2 Å². The number of hydrogen-bond acceptors (Lipinski definition) is 2. The van der Waals surface area contributed by atoms with Crippen LogP contribution in [0.5, 0.6) is 5.75 Å². The molecule has 0 bridgehead atoms. The molecule has 0 spiro atoms. The molecule has 1 aromatic heterocycles. The minimum Gasteiger partial charge on any atom is -0.493 e. The summed E-state index contributed by atoms with van der Waals surface area (Å²) in [6, 6.07) is 3.40. The lowest BCUT2D eigenvalue weighted by Gasteiger charge is -2.12. The predicted molar refractivity (Wildman–Crippen MR) is 74.1 cm³/mol. The summed E-state index contributed by atoms with van der Waals surface area (Å²) in [5.74, 6) is 0.0849. The van der Waals surface area contributed by atoms with E-state index >= 15 is 0 Å². The number of hydrogen-bond donors (Lipinski definition) is 1. The van der Waals surface area contributed by atoms with Crippen LogP contribution >= 0.6 is 0 Å². The fraction of sp³-hybridized carbons (Fsp3) is 0.467. The van der Waals surface area contributed by atoms with Gasteiger partial charge in [-0.25, -0.2) is 4.39 Å². The lowest BCUT2D eigenvalue weighted by atomic mass is 10.1. The monoisotopic (exact) mass is 262 g/mol. The molecular formula is C15H19FN2O. The van der Waals surface area contributed by atoms with Gasteiger partial charge in [0, 0.05) is 23.7 Å². The third-order valence-electron chi connectivity index (χ3n) is 3.87. The van der Waals surface area contributed by atoms with Gasteiger partial charge in [-0.1, -0.05) is 0 Å². The number of rotatable bonds is 3. The van der Waals surface area contributed by atoms with E-state index in [-0.39, 0.29) is 11.9 Å². The molecule has 0 radical (unpaired) electrons. The Labute approximate surface area is 112 Å². The molecule has 3 nitrogen and oxygen atoms in total. The van der Waals surface area contributed by atoms with E-state index in [1.807, 2.05) is 13.0 Å². The van der Waals surface area contributed by atoms with Gasteiger partial charge in [-0.2, -0.15) is 0 Å². The van der Waals surface area contributed by atoms with Gasteiger partial charge in [0.15, 0.2) is 11.6 Å². The summed E-state index contributed by atoms with van der Waals surface area (Å²) in [5, 5.41) is 0.940. The van der Waals surface area contributed by atoms with Crippen LogP contribution in [0, 0.1) is 5.82 Å². The molecule has 0 saturated heterocycles. The lowest BCUT2D eigenvalue weighted by Crippen LogP contribution is -2.23. The van der Waals surface area contributed by atoms with E-state index in [1.165, 1.54) is 24.4 Å². The largest absolute Gasteiger partial charge is 0.493 e. The molecule has 0 unspecified atom stereocenters. The molecule has 4 heteroatoms. The van der Waals surface area contributed by atoms with Gasteiger partial charge >= 0.3 is 0 Å². The minimum absolute atomic E-state index is 0.0800. The Hall–Kier alpha value is -1.55. The van der Waals surface area contributed by atoms with Crippen molar-refractivity contribution < 1.29 is 9.13 Å². The Balaban J connectivity index is 2.32. The molecule has 1 atom stereocenters. The van der Waals surface area contributed by atoms with Crippen molar-refractivity contribution >= 4 is 10.9 Å². The quantitative estimate of drug-likeness (QED) is 0.923. The predicted octanol–water partition coefficient (Wildman–Crippen LogP) is 2.62. The highest BCUT2D eigenvalue weighted by atomic mass is 19.1. The second-order valence-corrected chi connectivity index (χ2v) is 5.34. The van der Waals surface area contributed by atoms with E-state index in [0.717, 1.165) is 36.7 Å². The second-order valence-electron chi connectivity index (χ2n) is 5.34. The van der Waals surface area contributed by atoms with E-state index in [9.17, 15) is 4.39 Å². The molecule has 3 rings (SSSR count). The van der Waals surface area contributed by atoms with E-state index in [4.69, 9.17) is 10.5 Å². The Morgan fingerprint density at radius 2 is 2.21 bits per heavy atom. The Morgan fingerprint density at radius 1 is 1.42 bits per heavy atom. The third-order valence-corrected chi connectivity index (χ3v) is 3.87. The molecule has 0 saturated carbocycles. The van der Waals surface area contributed by atoms with E-state index in [0.29, 0.717) is 5.75 Å². The van der Waals surface area contributed by atoms with Crippen molar-refractivity contribution in [2.24, 2.45) is 5.73 Å². The van der Waals surface area contributed by atoms with E-state index in [1.54, 1.807) is 0 Å². The first-order valence-corrected chi connectivity index (χ1v) is 6.75. The first-order valence-electron chi connectivity index (χ1n) is 6.75. The fourth-order valence-corrected chi connectivity index (χ4v) is 3.20. The molecule has 1 aromatic carbocycles. The van der Waals surface area contributed by atoms with Crippen LogP contribution in [-0.4, -0.2) is 17.7 Å². The first-order chi connectivity index (χ1) is 9.13. The highest BCUT2D eigenvalue weighted by molar-refractivity contribution is 5.92. The van der Waals surface area contributed by atoms with Crippen LogP contribution < -0.4 is 10.5 Å². The van der Waals surface area contributed by atoms with Gasteiger partial charge in [0.1, 0.15) is 0 Å². The van der Waals surface area contributed by atoms with Crippen LogP contribution in [0.2, 0.25) is 0 Å². The topological polar surface area (TPSA) is 40.2 Å². The van der Waals surface area contributed by atoms with Gasteiger partial charge in [0.25, 0.3) is 0 Å². The van der Waals surface area contributed by atoms with Crippen LogP contribution in [0.4, 0.5) is 4.39 Å². The van der Waals surface area contributed by atoms with Crippen molar-refractivity contribution in [2.75, 3.05) is 7.11 Å². The zero-order valence-corrected chi connectivity index (χ0v) is 11.4. The molecule has 0 amide bonds. The average Bonchev–Trinajstić information content (AvgIpc) is 2.92.